The van der Waals surface area contributed by atoms with E-state index in [4.69, 9.17) is 0 Å². The number of piperazine rings is 1. The van der Waals surface area contributed by atoms with Crippen LogP contribution in [-0.2, 0) is 11.3 Å². The molecule has 3 rings (SSSR count). The number of carbonyl (C=O) groups is 1. The van der Waals surface area contributed by atoms with Gasteiger partial charge < -0.3 is 4.90 Å². The molecule has 0 spiro atoms. The molecular formula is C14H20N2OS. The summed E-state index contributed by atoms with van der Waals surface area (Å²) in [6, 6.07) is 4.29. The molecule has 1 saturated heterocycles. The Bertz CT molecular complexity index is 409. The van der Waals surface area contributed by atoms with E-state index in [1.807, 2.05) is 11.3 Å². The maximum Gasteiger partial charge on any atom is 0.226 e. The van der Waals surface area contributed by atoms with Gasteiger partial charge in [0.05, 0.1) is 0 Å². The van der Waals surface area contributed by atoms with Gasteiger partial charge in [0.2, 0.25) is 5.91 Å². The van der Waals surface area contributed by atoms with Gasteiger partial charge in [0, 0.05) is 43.5 Å². The van der Waals surface area contributed by atoms with Crippen LogP contribution < -0.4 is 0 Å². The Morgan fingerprint density at radius 3 is 2.67 bits per heavy atom. The normalized spacial score (nSPS) is 28.4. The Kier molecular flexibility index (Phi) is 3.39. The molecule has 18 heavy (non-hydrogen) atoms. The third kappa shape index (κ3) is 2.59. The van der Waals surface area contributed by atoms with Crippen molar-refractivity contribution in [2.75, 3.05) is 26.2 Å². The second-order valence-corrected chi connectivity index (χ2v) is 6.53. The first-order chi connectivity index (χ1) is 8.74. The van der Waals surface area contributed by atoms with Gasteiger partial charge in [0.15, 0.2) is 0 Å². The summed E-state index contributed by atoms with van der Waals surface area (Å²) in [5.41, 5.74) is 0. The maximum atomic E-state index is 12.1. The molecule has 1 amide bonds. The average Bonchev–Trinajstić information content (AvgIpc) is 2.89. The predicted molar refractivity (Wildman–Crippen MR) is 73.4 cm³/mol. The van der Waals surface area contributed by atoms with Crippen LogP contribution in [-0.4, -0.2) is 41.9 Å². The molecule has 3 nitrogen and oxygen atoms in total. The van der Waals surface area contributed by atoms with Crippen molar-refractivity contribution in [1.82, 2.24) is 9.80 Å². The van der Waals surface area contributed by atoms with E-state index >= 15 is 0 Å². The zero-order valence-electron chi connectivity index (χ0n) is 10.8. The minimum Gasteiger partial charge on any atom is -0.340 e. The van der Waals surface area contributed by atoms with Gasteiger partial charge in [-0.15, -0.1) is 11.3 Å². The van der Waals surface area contributed by atoms with Crippen molar-refractivity contribution in [1.29, 1.82) is 0 Å². The molecule has 2 unspecified atom stereocenters. The van der Waals surface area contributed by atoms with Crippen molar-refractivity contribution in [3.05, 3.63) is 22.4 Å². The van der Waals surface area contributed by atoms with E-state index in [1.165, 1.54) is 4.88 Å². The molecule has 1 aromatic rings. The molecule has 98 valence electrons. The van der Waals surface area contributed by atoms with Crippen molar-refractivity contribution in [3.63, 3.8) is 0 Å². The maximum absolute atomic E-state index is 12.1. The standard InChI is InChI=1S/C14H20N2OS/c1-11-9-13(11)14(17)16-6-4-15(5-7-16)10-12-3-2-8-18-12/h2-3,8,11,13H,4-7,9-10H2,1H3. The largest absolute Gasteiger partial charge is 0.340 e. The highest BCUT2D eigenvalue weighted by atomic mass is 32.1. The molecular weight excluding hydrogens is 244 g/mol. The molecule has 1 aromatic heterocycles. The van der Waals surface area contributed by atoms with Crippen molar-refractivity contribution < 1.29 is 4.79 Å². The highest BCUT2D eigenvalue weighted by Crippen LogP contribution is 2.39. The molecule has 2 aliphatic rings. The Morgan fingerprint density at radius 2 is 2.11 bits per heavy atom. The third-order valence-corrected chi connectivity index (χ3v) is 4.93. The quantitative estimate of drug-likeness (QED) is 0.834. The Labute approximate surface area is 112 Å². The van der Waals surface area contributed by atoms with Gasteiger partial charge in [-0.2, -0.15) is 0 Å². The van der Waals surface area contributed by atoms with Gasteiger partial charge in [0.1, 0.15) is 0 Å². The summed E-state index contributed by atoms with van der Waals surface area (Å²) in [4.78, 5) is 18.0. The van der Waals surface area contributed by atoms with Crippen LogP contribution in [0.4, 0.5) is 0 Å². The SMILES string of the molecule is CC1CC1C(=O)N1CCN(Cc2cccs2)CC1. The lowest BCUT2D eigenvalue weighted by molar-refractivity contribution is -0.134. The summed E-state index contributed by atoms with van der Waals surface area (Å²) in [6.45, 7) is 7.07. The smallest absolute Gasteiger partial charge is 0.226 e. The van der Waals surface area contributed by atoms with Crippen LogP contribution in [0.3, 0.4) is 0 Å². The second-order valence-electron chi connectivity index (χ2n) is 5.50. The average molecular weight is 264 g/mol. The van der Waals surface area contributed by atoms with Crippen molar-refractivity contribution >= 4 is 17.2 Å². The number of amides is 1. The monoisotopic (exact) mass is 264 g/mol. The van der Waals surface area contributed by atoms with Crippen LogP contribution in [0.1, 0.15) is 18.2 Å². The third-order valence-electron chi connectivity index (χ3n) is 4.07. The fourth-order valence-corrected chi connectivity index (χ4v) is 3.40. The zero-order valence-corrected chi connectivity index (χ0v) is 11.7. The number of nitrogens with zero attached hydrogens (tertiary/aromatic N) is 2. The molecule has 1 aliphatic carbocycles. The zero-order chi connectivity index (χ0) is 12.5. The first-order valence-corrected chi connectivity index (χ1v) is 7.65. The summed E-state index contributed by atoms with van der Waals surface area (Å²) < 4.78 is 0. The van der Waals surface area contributed by atoms with Gasteiger partial charge in [-0.25, -0.2) is 0 Å². The van der Waals surface area contributed by atoms with Crippen molar-refractivity contribution in [2.24, 2.45) is 11.8 Å². The van der Waals surface area contributed by atoms with Gasteiger partial charge in [-0.05, 0) is 23.8 Å². The molecule has 2 fully saturated rings. The first kappa shape index (κ1) is 12.2. The molecule has 2 heterocycles. The molecule has 2 atom stereocenters. The van der Waals surface area contributed by atoms with E-state index in [-0.39, 0.29) is 0 Å². The lowest BCUT2D eigenvalue weighted by atomic mass is 10.2. The van der Waals surface area contributed by atoms with Gasteiger partial charge >= 0.3 is 0 Å². The van der Waals surface area contributed by atoms with E-state index in [0.29, 0.717) is 17.7 Å². The second kappa shape index (κ2) is 5.02. The molecule has 0 aromatic carbocycles. The van der Waals surface area contributed by atoms with E-state index in [2.05, 4.69) is 34.2 Å². The van der Waals surface area contributed by atoms with E-state index in [0.717, 1.165) is 39.1 Å². The Morgan fingerprint density at radius 1 is 1.39 bits per heavy atom. The summed E-state index contributed by atoms with van der Waals surface area (Å²) in [5.74, 6) is 1.37. The highest BCUT2D eigenvalue weighted by molar-refractivity contribution is 7.09. The number of hydrogen-bond acceptors (Lipinski definition) is 3. The summed E-state index contributed by atoms with van der Waals surface area (Å²) >= 11 is 1.82. The number of thiophene rings is 1. The minimum absolute atomic E-state index is 0.342. The minimum atomic E-state index is 0.342. The summed E-state index contributed by atoms with van der Waals surface area (Å²) in [6.07, 6.45) is 1.11. The molecule has 1 aliphatic heterocycles. The Balaban J connectivity index is 1.47. The van der Waals surface area contributed by atoms with Gasteiger partial charge in [-0.3, -0.25) is 9.69 Å². The highest BCUT2D eigenvalue weighted by Gasteiger charge is 2.41. The summed E-state index contributed by atoms with van der Waals surface area (Å²) in [5, 5.41) is 2.13. The predicted octanol–water partition coefficient (Wildman–Crippen LogP) is 2.05. The molecule has 0 N–H and O–H groups in total. The number of carbonyl (C=O) groups excluding carboxylic acids is 1. The summed E-state index contributed by atoms with van der Waals surface area (Å²) in [7, 11) is 0. The van der Waals surface area contributed by atoms with E-state index < -0.39 is 0 Å². The molecule has 1 saturated carbocycles. The van der Waals surface area contributed by atoms with Crippen LogP contribution in [0.2, 0.25) is 0 Å². The molecule has 0 radical (unpaired) electrons. The van der Waals surface area contributed by atoms with Crippen LogP contribution >= 0.6 is 11.3 Å². The van der Waals surface area contributed by atoms with Crippen LogP contribution in [0, 0.1) is 11.8 Å². The fourth-order valence-electron chi connectivity index (χ4n) is 2.65. The van der Waals surface area contributed by atoms with E-state index in [1.54, 1.807) is 0 Å². The van der Waals surface area contributed by atoms with Crippen LogP contribution in [0.25, 0.3) is 0 Å². The van der Waals surface area contributed by atoms with Crippen molar-refractivity contribution in [3.8, 4) is 0 Å². The number of hydrogen-bond donors (Lipinski definition) is 0. The topological polar surface area (TPSA) is 23.6 Å². The van der Waals surface area contributed by atoms with E-state index in [9.17, 15) is 4.79 Å². The molecule has 4 heteroatoms. The first-order valence-electron chi connectivity index (χ1n) is 6.77. The van der Waals surface area contributed by atoms with Crippen LogP contribution in [0.15, 0.2) is 17.5 Å². The lowest BCUT2D eigenvalue weighted by Gasteiger charge is -2.34. The lowest BCUT2D eigenvalue weighted by Crippen LogP contribution is -2.48. The van der Waals surface area contributed by atoms with Gasteiger partial charge in [0.25, 0.3) is 0 Å². The molecule has 0 bridgehead atoms. The van der Waals surface area contributed by atoms with Gasteiger partial charge in [-0.1, -0.05) is 13.0 Å². The fraction of sp³-hybridized carbons (Fsp3) is 0.643. The van der Waals surface area contributed by atoms with Crippen LogP contribution in [0.5, 0.6) is 0 Å². The number of rotatable bonds is 3. The Hall–Kier alpha value is -0.870. The van der Waals surface area contributed by atoms with Crippen molar-refractivity contribution in [2.45, 2.75) is 19.9 Å².